The van der Waals surface area contributed by atoms with Crippen molar-refractivity contribution in [3.8, 4) is 11.5 Å². The van der Waals surface area contributed by atoms with Crippen LogP contribution in [0, 0.1) is 11.2 Å². The SMILES string of the molecule is CN1CC2(CCN(C(=O)Cc3ccccc3F)CC2)CC1c1noc(-c2ccccc2)n1. The van der Waals surface area contributed by atoms with Crippen molar-refractivity contribution in [2.45, 2.75) is 31.7 Å². The van der Waals surface area contributed by atoms with Gasteiger partial charge in [0.1, 0.15) is 5.82 Å². The number of benzene rings is 2. The van der Waals surface area contributed by atoms with Crippen LogP contribution in [0.3, 0.4) is 0 Å². The highest BCUT2D eigenvalue weighted by Crippen LogP contribution is 2.47. The molecule has 0 radical (unpaired) electrons. The number of carbonyl (C=O) groups is 1. The average Bonchev–Trinajstić information content (AvgIpc) is 3.41. The minimum absolute atomic E-state index is 0.00137. The summed E-state index contributed by atoms with van der Waals surface area (Å²) in [6.45, 7) is 2.35. The lowest BCUT2D eigenvalue weighted by atomic mass is 9.76. The molecule has 7 heteroatoms. The minimum Gasteiger partial charge on any atom is -0.342 e. The summed E-state index contributed by atoms with van der Waals surface area (Å²) in [6, 6.07) is 16.4. The van der Waals surface area contributed by atoms with Crippen LogP contribution in [-0.2, 0) is 11.2 Å². The molecule has 6 nitrogen and oxygen atoms in total. The third-order valence-corrected chi connectivity index (χ3v) is 6.98. The Morgan fingerprint density at radius 2 is 1.84 bits per heavy atom. The molecule has 166 valence electrons. The first-order chi connectivity index (χ1) is 15.5. The van der Waals surface area contributed by atoms with E-state index in [2.05, 4.69) is 22.1 Å². The van der Waals surface area contributed by atoms with Crippen molar-refractivity contribution < 1.29 is 13.7 Å². The van der Waals surface area contributed by atoms with Gasteiger partial charge in [-0.15, -0.1) is 0 Å². The van der Waals surface area contributed by atoms with E-state index < -0.39 is 0 Å². The van der Waals surface area contributed by atoms with Gasteiger partial charge in [0.25, 0.3) is 5.89 Å². The van der Waals surface area contributed by atoms with Crippen molar-refractivity contribution in [3.63, 3.8) is 0 Å². The lowest BCUT2D eigenvalue weighted by Gasteiger charge is -2.39. The second-order valence-electron chi connectivity index (χ2n) is 9.11. The molecule has 1 amide bonds. The summed E-state index contributed by atoms with van der Waals surface area (Å²) in [7, 11) is 2.10. The quantitative estimate of drug-likeness (QED) is 0.619. The minimum atomic E-state index is -0.315. The number of carbonyl (C=O) groups excluding carboxylic acids is 1. The molecule has 1 atom stereocenters. The van der Waals surface area contributed by atoms with E-state index in [0.29, 0.717) is 24.5 Å². The summed E-state index contributed by atoms with van der Waals surface area (Å²) in [5.41, 5.74) is 1.52. The van der Waals surface area contributed by atoms with Crippen molar-refractivity contribution in [3.05, 3.63) is 71.8 Å². The lowest BCUT2D eigenvalue weighted by Crippen LogP contribution is -2.44. The van der Waals surface area contributed by atoms with Gasteiger partial charge in [0, 0.05) is 25.2 Å². The molecule has 0 bridgehead atoms. The molecule has 1 unspecified atom stereocenters. The maximum atomic E-state index is 13.9. The monoisotopic (exact) mass is 434 g/mol. The highest BCUT2D eigenvalue weighted by molar-refractivity contribution is 5.79. The van der Waals surface area contributed by atoms with Crippen molar-refractivity contribution >= 4 is 5.91 Å². The van der Waals surface area contributed by atoms with Crippen molar-refractivity contribution in [2.75, 3.05) is 26.7 Å². The van der Waals surface area contributed by atoms with Crippen LogP contribution < -0.4 is 0 Å². The topological polar surface area (TPSA) is 62.5 Å². The van der Waals surface area contributed by atoms with Gasteiger partial charge >= 0.3 is 0 Å². The van der Waals surface area contributed by atoms with Crippen LogP contribution in [0.1, 0.15) is 36.7 Å². The standard InChI is InChI=1S/C25H27FN4O2/c1-29-17-25(16-21(29)23-27-24(32-28-23)18-7-3-2-4-8-18)11-13-30(14-12-25)22(31)15-19-9-5-6-10-20(19)26/h2-10,21H,11-17H2,1H3. The molecule has 32 heavy (non-hydrogen) atoms. The summed E-state index contributed by atoms with van der Waals surface area (Å²) in [5.74, 6) is 0.952. The first-order valence-electron chi connectivity index (χ1n) is 11.1. The van der Waals surface area contributed by atoms with Crippen molar-refractivity contribution in [2.24, 2.45) is 5.41 Å². The van der Waals surface area contributed by atoms with E-state index in [1.54, 1.807) is 18.2 Å². The Morgan fingerprint density at radius 3 is 2.59 bits per heavy atom. The molecule has 3 aromatic rings. The van der Waals surface area contributed by atoms with Gasteiger partial charge < -0.3 is 9.42 Å². The zero-order valence-corrected chi connectivity index (χ0v) is 18.2. The number of halogens is 1. The van der Waals surface area contributed by atoms with Gasteiger partial charge in [-0.3, -0.25) is 9.69 Å². The molecule has 1 spiro atoms. The summed E-state index contributed by atoms with van der Waals surface area (Å²) in [4.78, 5) is 21.6. The zero-order chi connectivity index (χ0) is 22.1. The Labute approximate surface area is 187 Å². The lowest BCUT2D eigenvalue weighted by molar-refractivity contribution is -0.132. The largest absolute Gasteiger partial charge is 0.342 e. The Balaban J connectivity index is 1.22. The maximum Gasteiger partial charge on any atom is 0.257 e. The Kier molecular flexibility index (Phi) is 5.51. The molecule has 2 fully saturated rings. The molecule has 0 N–H and O–H groups in total. The smallest absolute Gasteiger partial charge is 0.257 e. The average molecular weight is 435 g/mol. The van der Waals surface area contributed by atoms with Crippen LogP contribution in [0.2, 0.25) is 0 Å². The number of hydrogen-bond donors (Lipinski definition) is 0. The number of rotatable bonds is 4. The van der Waals surface area contributed by atoms with Crippen LogP contribution in [0.4, 0.5) is 4.39 Å². The van der Waals surface area contributed by atoms with E-state index in [4.69, 9.17) is 4.52 Å². The van der Waals surface area contributed by atoms with Gasteiger partial charge in [-0.2, -0.15) is 4.98 Å². The van der Waals surface area contributed by atoms with Crippen molar-refractivity contribution in [1.29, 1.82) is 0 Å². The molecule has 3 heterocycles. The third-order valence-electron chi connectivity index (χ3n) is 6.98. The van der Waals surface area contributed by atoms with E-state index in [0.717, 1.165) is 37.2 Å². The molecule has 2 aliphatic heterocycles. The number of likely N-dealkylation sites (tertiary alicyclic amines) is 2. The fourth-order valence-corrected chi connectivity index (χ4v) is 5.14. The maximum absolute atomic E-state index is 13.9. The molecule has 0 aliphatic carbocycles. The zero-order valence-electron chi connectivity index (χ0n) is 18.2. The molecular weight excluding hydrogens is 407 g/mol. The van der Waals surface area contributed by atoms with Crippen molar-refractivity contribution in [1.82, 2.24) is 19.9 Å². The number of nitrogens with zero attached hydrogens (tertiary/aromatic N) is 4. The van der Waals surface area contributed by atoms with Gasteiger partial charge in [-0.05, 0) is 55.5 Å². The van der Waals surface area contributed by atoms with Gasteiger partial charge in [-0.25, -0.2) is 4.39 Å². The molecule has 2 aromatic carbocycles. The van der Waals surface area contributed by atoms with Gasteiger partial charge in [0.2, 0.25) is 5.91 Å². The van der Waals surface area contributed by atoms with Gasteiger partial charge in [0.05, 0.1) is 12.5 Å². The summed E-state index contributed by atoms with van der Waals surface area (Å²) in [5, 5.41) is 4.27. The number of amides is 1. The van der Waals surface area contributed by atoms with Crippen LogP contribution in [0.5, 0.6) is 0 Å². The van der Waals surface area contributed by atoms with Crippen LogP contribution >= 0.6 is 0 Å². The molecule has 5 rings (SSSR count). The summed E-state index contributed by atoms with van der Waals surface area (Å²) in [6.07, 6.45) is 2.93. The van der Waals surface area contributed by atoms with E-state index in [1.165, 1.54) is 6.07 Å². The Morgan fingerprint density at radius 1 is 1.12 bits per heavy atom. The van der Waals surface area contributed by atoms with Crippen LogP contribution in [-0.4, -0.2) is 52.5 Å². The molecule has 2 aliphatic rings. The van der Waals surface area contributed by atoms with Crippen LogP contribution in [0.15, 0.2) is 59.1 Å². The highest BCUT2D eigenvalue weighted by atomic mass is 19.1. The Hall–Kier alpha value is -3.06. The normalized spacial score (nSPS) is 20.7. The molecular formula is C25H27FN4O2. The molecule has 0 saturated carbocycles. The second kappa shape index (κ2) is 8.47. The predicted octanol–water partition coefficient (Wildman–Crippen LogP) is 4.10. The second-order valence-corrected chi connectivity index (χ2v) is 9.11. The van der Waals surface area contributed by atoms with Gasteiger partial charge in [-0.1, -0.05) is 41.6 Å². The summed E-state index contributed by atoms with van der Waals surface area (Å²) >= 11 is 0. The van der Waals surface area contributed by atoms with E-state index in [9.17, 15) is 9.18 Å². The Bertz CT molecular complexity index is 1090. The van der Waals surface area contributed by atoms with Crippen LogP contribution in [0.25, 0.3) is 11.5 Å². The molecule has 1 aromatic heterocycles. The first-order valence-corrected chi connectivity index (χ1v) is 11.1. The fourth-order valence-electron chi connectivity index (χ4n) is 5.14. The predicted molar refractivity (Wildman–Crippen MR) is 118 cm³/mol. The highest BCUT2D eigenvalue weighted by Gasteiger charge is 2.46. The first kappa shape index (κ1) is 20.8. The third kappa shape index (κ3) is 4.05. The van der Waals surface area contributed by atoms with E-state index in [-0.39, 0.29) is 29.6 Å². The number of piperidine rings is 1. The number of aromatic nitrogens is 2. The fraction of sp³-hybridized carbons (Fsp3) is 0.400. The number of hydrogen-bond acceptors (Lipinski definition) is 5. The van der Waals surface area contributed by atoms with E-state index >= 15 is 0 Å². The van der Waals surface area contributed by atoms with Gasteiger partial charge in [0.15, 0.2) is 5.82 Å². The van der Waals surface area contributed by atoms with E-state index in [1.807, 2.05) is 35.2 Å². The molecule has 2 saturated heterocycles. The summed E-state index contributed by atoms with van der Waals surface area (Å²) < 4.78 is 19.4.